The highest BCUT2D eigenvalue weighted by molar-refractivity contribution is 7.09. The van der Waals surface area contributed by atoms with E-state index in [-0.39, 0.29) is 5.91 Å². The number of aromatic nitrogens is 3. The van der Waals surface area contributed by atoms with Crippen molar-refractivity contribution in [3.05, 3.63) is 82.4 Å². The maximum absolute atomic E-state index is 12.6. The third-order valence-electron chi connectivity index (χ3n) is 4.18. The van der Waals surface area contributed by atoms with Gasteiger partial charge in [0.05, 0.1) is 16.4 Å². The minimum atomic E-state index is -0.231. The van der Waals surface area contributed by atoms with Crippen LogP contribution < -0.4 is 5.32 Å². The Morgan fingerprint density at radius 2 is 1.78 bits per heavy atom. The molecule has 0 aliphatic heterocycles. The fourth-order valence-electron chi connectivity index (χ4n) is 2.83. The zero-order valence-electron chi connectivity index (χ0n) is 15.0. The van der Waals surface area contributed by atoms with Crippen molar-refractivity contribution in [1.82, 2.24) is 14.8 Å². The Kier molecular flexibility index (Phi) is 4.56. The van der Waals surface area contributed by atoms with Gasteiger partial charge in [-0.2, -0.15) is 5.10 Å². The Morgan fingerprint density at radius 1 is 1.04 bits per heavy atom. The van der Waals surface area contributed by atoms with Crippen molar-refractivity contribution >= 4 is 22.9 Å². The first-order valence-electron chi connectivity index (χ1n) is 8.56. The molecule has 0 aliphatic rings. The van der Waals surface area contributed by atoms with Gasteiger partial charge in [0.2, 0.25) is 0 Å². The number of carbonyl (C=O) groups is 1. The molecule has 0 spiro atoms. The van der Waals surface area contributed by atoms with Crippen molar-refractivity contribution in [2.75, 3.05) is 5.32 Å². The summed E-state index contributed by atoms with van der Waals surface area (Å²) < 4.78 is 1.77. The van der Waals surface area contributed by atoms with E-state index in [1.54, 1.807) is 22.1 Å². The quantitative estimate of drug-likeness (QED) is 0.555. The molecule has 6 heteroatoms. The van der Waals surface area contributed by atoms with Crippen LogP contribution in [0.4, 0.5) is 5.69 Å². The molecule has 0 radical (unpaired) electrons. The maximum Gasteiger partial charge on any atom is 0.276 e. The molecule has 0 fully saturated rings. The number of carbonyl (C=O) groups excluding carboxylic acids is 1. The Morgan fingerprint density at radius 3 is 2.44 bits per heavy atom. The number of hydrogen-bond donors (Lipinski definition) is 1. The van der Waals surface area contributed by atoms with E-state index < -0.39 is 0 Å². The van der Waals surface area contributed by atoms with E-state index >= 15 is 0 Å². The first-order valence-corrected chi connectivity index (χ1v) is 9.44. The lowest BCUT2D eigenvalue weighted by molar-refractivity contribution is 0.102. The summed E-state index contributed by atoms with van der Waals surface area (Å²) in [6, 6.07) is 19.2. The van der Waals surface area contributed by atoms with Gasteiger partial charge >= 0.3 is 0 Å². The lowest BCUT2D eigenvalue weighted by atomic mass is 10.1. The Labute approximate surface area is 161 Å². The average molecular weight is 374 g/mol. The molecule has 0 unspecified atom stereocenters. The van der Waals surface area contributed by atoms with E-state index in [1.807, 2.05) is 73.8 Å². The third kappa shape index (κ3) is 3.66. The number of benzene rings is 2. The highest BCUT2D eigenvalue weighted by atomic mass is 32.1. The number of aryl methyl sites for hydroxylation is 2. The Bertz CT molecular complexity index is 1080. The number of anilines is 1. The molecule has 5 nitrogen and oxygen atoms in total. The third-order valence-corrected chi connectivity index (χ3v) is 4.95. The van der Waals surface area contributed by atoms with Gasteiger partial charge in [-0.05, 0) is 44.2 Å². The molecule has 4 rings (SSSR count). The average Bonchev–Trinajstić information content (AvgIpc) is 3.29. The van der Waals surface area contributed by atoms with Crippen molar-refractivity contribution in [3.8, 4) is 16.9 Å². The molecule has 0 atom stereocenters. The summed E-state index contributed by atoms with van der Waals surface area (Å²) in [4.78, 5) is 17.1. The topological polar surface area (TPSA) is 59.8 Å². The number of hydrogen-bond acceptors (Lipinski definition) is 4. The molecular weight excluding hydrogens is 356 g/mol. The van der Waals surface area contributed by atoms with Crippen LogP contribution in [-0.4, -0.2) is 20.7 Å². The van der Waals surface area contributed by atoms with Gasteiger partial charge in [0.25, 0.3) is 5.91 Å². The van der Waals surface area contributed by atoms with Crippen LogP contribution in [0.1, 0.15) is 21.2 Å². The second-order valence-electron chi connectivity index (χ2n) is 6.20. The molecule has 2 aromatic carbocycles. The highest BCUT2D eigenvalue weighted by Crippen LogP contribution is 2.23. The summed E-state index contributed by atoms with van der Waals surface area (Å²) in [5.74, 6) is -0.231. The number of nitrogens with zero attached hydrogens (tertiary/aromatic N) is 3. The minimum Gasteiger partial charge on any atom is -0.321 e. The number of para-hydroxylation sites is 1. The van der Waals surface area contributed by atoms with Crippen molar-refractivity contribution in [1.29, 1.82) is 0 Å². The van der Waals surface area contributed by atoms with Crippen molar-refractivity contribution in [3.63, 3.8) is 0 Å². The lowest BCUT2D eigenvalue weighted by Crippen LogP contribution is -2.13. The van der Waals surface area contributed by atoms with Crippen LogP contribution in [0.2, 0.25) is 0 Å². The van der Waals surface area contributed by atoms with E-state index in [0.29, 0.717) is 5.69 Å². The molecule has 4 aromatic rings. The van der Waals surface area contributed by atoms with Crippen LogP contribution in [0, 0.1) is 13.8 Å². The van der Waals surface area contributed by atoms with E-state index in [4.69, 9.17) is 0 Å². The Hall–Kier alpha value is -3.25. The summed E-state index contributed by atoms with van der Waals surface area (Å²) >= 11 is 1.62. The molecule has 0 aliphatic carbocycles. The predicted molar refractivity (Wildman–Crippen MR) is 109 cm³/mol. The van der Waals surface area contributed by atoms with E-state index in [2.05, 4.69) is 15.4 Å². The van der Waals surface area contributed by atoms with Crippen LogP contribution in [-0.2, 0) is 0 Å². The van der Waals surface area contributed by atoms with Gasteiger partial charge in [0.15, 0.2) is 5.69 Å². The van der Waals surface area contributed by atoms with Gasteiger partial charge in [0.1, 0.15) is 0 Å². The van der Waals surface area contributed by atoms with Crippen molar-refractivity contribution in [2.45, 2.75) is 13.8 Å². The summed E-state index contributed by atoms with van der Waals surface area (Å²) in [6.07, 6.45) is 0. The Balaban J connectivity index is 1.51. The fourth-order valence-corrected chi connectivity index (χ4v) is 3.45. The van der Waals surface area contributed by atoms with Crippen LogP contribution in [0.5, 0.6) is 0 Å². The molecule has 1 amide bonds. The minimum absolute atomic E-state index is 0.231. The molecule has 0 saturated carbocycles. The van der Waals surface area contributed by atoms with Gasteiger partial charge in [-0.15, -0.1) is 11.3 Å². The summed E-state index contributed by atoms with van der Waals surface area (Å²) in [5, 5.41) is 10.4. The smallest absolute Gasteiger partial charge is 0.276 e. The van der Waals surface area contributed by atoms with Gasteiger partial charge in [-0.1, -0.05) is 30.3 Å². The molecule has 2 aromatic heterocycles. The number of rotatable bonds is 4. The molecule has 0 bridgehead atoms. The predicted octanol–water partition coefficient (Wildman–Crippen LogP) is 4.86. The van der Waals surface area contributed by atoms with E-state index in [0.717, 1.165) is 33.3 Å². The summed E-state index contributed by atoms with van der Waals surface area (Å²) in [7, 11) is 0. The lowest BCUT2D eigenvalue weighted by Gasteiger charge is -2.05. The monoisotopic (exact) mass is 374 g/mol. The van der Waals surface area contributed by atoms with E-state index in [1.165, 1.54) is 0 Å². The SMILES string of the molecule is Cc1nc(-c2ccc(NC(=O)c3cc(C)n(-c4ccccc4)n3)cc2)cs1. The molecule has 134 valence electrons. The van der Waals surface area contributed by atoms with Crippen LogP contribution >= 0.6 is 11.3 Å². The van der Waals surface area contributed by atoms with Crippen LogP contribution in [0.25, 0.3) is 16.9 Å². The van der Waals surface area contributed by atoms with Crippen molar-refractivity contribution in [2.24, 2.45) is 0 Å². The van der Waals surface area contributed by atoms with Crippen LogP contribution in [0.3, 0.4) is 0 Å². The molecule has 2 heterocycles. The number of thiazole rings is 1. The zero-order valence-corrected chi connectivity index (χ0v) is 15.8. The van der Waals surface area contributed by atoms with Gasteiger partial charge in [-0.3, -0.25) is 4.79 Å². The first-order chi connectivity index (χ1) is 13.1. The van der Waals surface area contributed by atoms with Gasteiger partial charge in [0, 0.05) is 22.3 Å². The summed E-state index contributed by atoms with van der Waals surface area (Å²) in [5.41, 5.74) is 4.92. The van der Waals surface area contributed by atoms with Crippen LogP contribution in [0.15, 0.2) is 66.0 Å². The molecule has 27 heavy (non-hydrogen) atoms. The standard InChI is InChI=1S/C21H18N4OS/c1-14-12-19(24-25(14)18-6-4-3-5-7-18)21(26)23-17-10-8-16(9-11-17)20-13-27-15(2)22-20/h3-13H,1-2H3,(H,23,26). The molecular formula is C21H18N4OS. The largest absolute Gasteiger partial charge is 0.321 e. The fraction of sp³-hybridized carbons (Fsp3) is 0.0952. The summed E-state index contributed by atoms with van der Waals surface area (Å²) in [6.45, 7) is 3.92. The number of nitrogens with one attached hydrogen (secondary N) is 1. The second kappa shape index (κ2) is 7.17. The van der Waals surface area contributed by atoms with Crippen molar-refractivity contribution < 1.29 is 4.79 Å². The molecule has 0 saturated heterocycles. The van der Waals surface area contributed by atoms with Gasteiger partial charge < -0.3 is 5.32 Å². The first kappa shape index (κ1) is 17.2. The van der Waals surface area contributed by atoms with Gasteiger partial charge in [-0.25, -0.2) is 9.67 Å². The maximum atomic E-state index is 12.6. The zero-order chi connectivity index (χ0) is 18.8. The normalized spacial score (nSPS) is 10.7. The molecule has 1 N–H and O–H groups in total. The number of amides is 1. The highest BCUT2D eigenvalue weighted by Gasteiger charge is 2.13. The second-order valence-corrected chi connectivity index (χ2v) is 7.26. The van der Waals surface area contributed by atoms with E-state index in [9.17, 15) is 4.79 Å².